The number of anilines is 2. The number of aryl methyl sites for hydroxylation is 1. The lowest BCUT2D eigenvalue weighted by atomic mass is 9.84. The smallest absolute Gasteiger partial charge is 0.227 e. The Morgan fingerprint density at radius 1 is 1.17 bits per heavy atom. The fourth-order valence-electron chi connectivity index (χ4n) is 4.73. The molecule has 0 unspecified atom stereocenters. The van der Waals surface area contributed by atoms with Crippen LogP contribution in [-0.4, -0.2) is 63.6 Å². The van der Waals surface area contributed by atoms with Gasteiger partial charge in [0.15, 0.2) is 0 Å². The van der Waals surface area contributed by atoms with Crippen molar-refractivity contribution < 1.29 is 19.5 Å². The van der Waals surface area contributed by atoms with Crippen LogP contribution in [0.4, 0.5) is 11.6 Å². The molecule has 0 bridgehead atoms. The van der Waals surface area contributed by atoms with Crippen molar-refractivity contribution in [1.29, 1.82) is 0 Å². The summed E-state index contributed by atoms with van der Waals surface area (Å²) in [5.41, 5.74) is 3.93. The second-order valence-corrected chi connectivity index (χ2v) is 9.44. The van der Waals surface area contributed by atoms with Crippen LogP contribution in [0.2, 0.25) is 0 Å². The summed E-state index contributed by atoms with van der Waals surface area (Å²) in [6.07, 6.45) is 8.35. The highest BCUT2D eigenvalue weighted by atomic mass is 16.5. The predicted octanol–water partition coefficient (Wildman–Crippen LogP) is 4.42. The molecule has 0 atom stereocenters. The van der Waals surface area contributed by atoms with Crippen molar-refractivity contribution in [3.8, 4) is 17.0 Å². The predicted molar refractivity (Wildman–Crippen MR) is 138 cm³/mol. The van der Waals surface area contributed by atoms with E-state index in [0.29, 0.717) is 42.0 Å². The minimum absolute atomic E-state index is 0.159. The number of aliphatic hydroxyl groups is 2. The van der Waals surface area contributed by atoms with Crippen LogP contribution in [0.1, 0.15) is 61.5 Å². The van der Waals surface area contributed by atoms with Gasteiger partial charge in [-0.25, -0.2) is 9.97 Å². The summed E-state index contributed by atoms with van der Waals surface area (Å²) in [6, 6.07) is 7.69. The van der Waals surface area contributed by atoms with Gasteiger partial charge in [-0.3, -0.25) is 0 Å². The monoisotopic (exact) mass is 495 g/mol. The topological polar surface area (TPSA) is 117 Å². The maximum atomic E-state index is 10.0. The van der Waals surface area contributed by atoms with E-state index in [1.54, 1.807) is 6.20 Å². The average molecular weight is 496 g/mol. The lowest BCUT2D eigenvalue weighted by Gasteiger charge is -2.20. The molecule has 2 heterocycles. The van der Waals surface area contributed by atoms with Crippen molar-refractivity contribution in [2.75, 3.05) is 38.7 Å². The fourth-order valence-corrected chi connectivity index (χ4v) is 4.73. The summed E-state index contributed by atoms with van der Waals surface area (Å²) in [5.74, 6) is 2.24. The van der Waals surface area contributed by atoms with Crippen LogP contribution in [0.25, 0.3) is 11.3 Å². The van der Waals surface area contributed by atoms with Crippen LogP contribution < -0.4 is 10.1 Å². The van der Waals surface area contributed by atoms with Crippen LogP contribution in [-0.2, 0) is 6.61 Å². The van der Waals surface area contributed by atoms with Crippen molar-refractivity contribution in [3.63, 3.8) is 0 Å². The quantitative estimate of drug-likeness (QED) is 0.314. The molecule has 3 N–H and O–H groups in total. The highest BCUT2D eigenvalue weighted by Gasteiger charge is 2.27. The molecule has 194 valence electrons. The molecule has 1 aliphatic rings. The highest BCUT2D eigenvalue weighted by Crippen LogP contribution is 2.39. The Kier molecular flexibility index (Phi) is 9.27. The SMILES string of the molecule is Cc1onc(C2CCCCC2)c1-c1nc(Nc2cccc(OCCCN(C)CCO)c2)ncc1CO. The number of likely N-dealkylation sites (N-methyl/N-ethyl adjacent to an activating group) is 1. The summed E-state index contributed by atoms with van der Waals surface area (Å²) in [5, 5.41) is 26.7. The Hall–Kier alpha value is -3.01. The van der Waals surface area contributed by atoms with E-state index in [0.717, 1.165) is 48.5 Å². The van der Waals surface area contributed by atoms with Gasteiger partial charge in [-0.1, -0.05) is 30.5 Å². The van der Waals surface area contributed by atoms with Gasteiger partial charge in [0.05, 0.1) is 36.8 Å². The minimum Gasteiger partial charge on any atom is -0.493 e. The fraction of sp³-hybridized carbons (Fsp3) is 0.519. The maximum Gasteiger partial charge on any atom is 0.227 e. The first-order chi connectivity index (χ1) is 17.6. The van der Waals surface area contributed by atoms with Crippen molar-refractivity contribution in [1.82, 2.24) is 20.0 Å². The van der Waals surface area contributed by atoms with E-state index >= 15 is 0 Å². The van der Waals surface area contributed by atoms with E-state index < -0.39 is 0 Å². The summed E-state index contributed by atoms with van der Waals surface area (Å²) >= 11 is 0. The van der Waals surface area contributed by atoms with Crippen LogP contribution in [0.5, 0.6) is 5.75 Å². The van der Waals surface area contributed by atoms with E-state index in [9.17, 15) is 5.11 Å². The molecule has 36 heavy (non-hydrogen) atoms. The number of rotatable bonds is 12. The molecule has 9 heteroatoms. The summed E-state index contributed by atoms with van der Waals surface area (Å²) in [6.45, 7) is 3.99. The van der Waals surface area contributed by atoms with Crippen molar-refractivity contribution in [3.05, 3.63) is 47.5 Å². The lowest BCUT2D eigenvalue weighted by Crippen LogP contribution is -2.24. The summed E-state index contributed by atoms with van der Waals surface area (Å²) in [4.78, 5) is 11.3. The second kappa shape index (κ2) is 12.8. The Bertz CT molecular complexity index is 1110. The molecule has 1 aromatic carbocycles. The summed E-state index contributed by atoms with van der Waals surface area (Å²) in [7, 11) is 1.98. The standard InChI is InChI=1S/C27H37N5O4/c1-19-24(26(31-36-19)20-8-4-3-5-9-20)25-21(18-34)17-28-27(30-25)29-22-10-6-11-23(16-22)35-15-7-12-32(2)13-14-33/h6,10-11,16-17,20,33-34H,3-5,7-9,12-15,18H2,1-2H3,(H,28,29,30). The number of nitrogens with zero attached hydrogens (tertiary/aromatic N) is 4. The highest BCUT2D eigenvalue weighted by molar-refractivity contribution is 5.69. The molecule has 0 aliphatic heterocycles. The minimum atomic E-state index is -0.166. The number of benzene rings is 1. The van der Waals surface area contributed by atoms with Gasteiger partial charge in [-0.05, 0) is 45.4 Å². The zero-order valence-corrected chi connectivity index (χ0v) is 21.2. The van der Waals surface area contributed by atoms with Crippen LogP contribution in [0.15, 0.2) is 35.0 Å². The van der Waals surface area contributed by atoms with Gasteiger partial charge in [0, 0.05) is 42.5 Å². The van der Waals surface area contributed by atoms with Gasteiger partial charge in [-0.2, -0.15) is 0 Å². The van der Waals surface area contributed by atoms with Crippen molar-refractivity contribution in [2.45, 2.75) is 58.0 Å². The molecule has 0 radical (unpaired) electrons. The second-order valence-electron chi connectivity index (χ2n) is 9.44. The van der Waals surface area contributed by atoms with Gasteiger partial charge in [0.1, 0.15) is 11.5 Å². The van der Waals surface area contributed by atoms with E-state index in [4.69, 9.17) is 19.4 Å². The molecule has 3 aromatic rings. The number of hydrogen-bond donors (Lipinski definition) is 3. The molecule has 9 nitrogen and oxygen atoms in total. The van der Waals surface area contributed by atoms with E-state index in [1.807, 2.05) is 38.2 Å². The zero-order valence-electron chi connectivity index (χ0n) is 21.2. The number of nitrogens with one attached hydrogen (secondary N) is 1. The lowest BCUT2D eigenvalue weighted by molar-refractivity contribution is 0.207. The molecule has 1 aliphatic carbocycles. The molecular weight excluding hydrogens is 458 g/mol. The molecule has 1 saturated carbocycles. The van der Waals surface area contributed by atoms with Gasteiger partial charge in [0.25, 0.3) is 0 Å². The molecule has 4 rings (SSSR count). The Balaban J connectivity index is 1.49. The third kappa shape index (κ3) is 6.60. The molecule has 0 amide bonds. The van der Waals surface area contributed by atoms with Crippen molar-refractivity contribution >= 4 is 11.6 Å². The summed E-state index contributed by atoms with van der Waals surface area (Å²) < 4.78 is 11.5. The van der Waals surface area contributed by atoms with Crippen LogP contribution in [0.3, 0.4) is 0 Å². The third-order valence-corrected chi connectivity index (χ3v) is 6.68. The Morgan fingerprint density at radius 2 is 2.00 bits per heavy atom. The molecule has 0 saturated heterocycles. The van der Waals surface area contributed by atoms with E-state index in [2.05, 4.69) is 20.4 Å². The molecule has 2 aromatic heterocycles. The zero-order chi connectivity index (χ0) is 25.3. The molecular formula is C27H37N5O4. The number of aliphatic hydroxyl groups excluding tert-OH is 2. The van der Waals surface area contributed by atoms with Gasteiger partial charge in [0.2, 0.25) is 5.95 Å². The van der Waals surface area contributed by atoms with Gasteiger partial charge in [-0.15, -0.1) is 0 Å². The number of ether oxygens (including phenoxy) is 1. The van der Waals surface area contributed by atoms with Crippen LogP contribution >= 0.6 is 0 Å². The molecule has 1 fully saturated rings. The molecule has 0 spiro atoms. The maximum absolute atomic E-state index is 10.0. The Labute approximate surface area is 212 Å². The van der Waals surface area contributed by atoms with Crippen LogP contribution in [0, 0.1) is 6.92 Å². The average Bonchev–Trinajstić information content (AvgIpc) is 3.28. The number of aromatic nitrogens is 3. The van der Waals surface area contributed by atoms with E-state index in [1.165, 1.54) is 19.3 Å². The number of hydrogen-bond acceptors (Lipinski definition) is 9. The first kappa shape index (κ1) is 26.1. The van der Waals surface area contributed by atoms with Crippen molar-refractivity contribution in [2.24, 2.45) is 0 Å². The van der Waals surface area contributed by atoms with Gasteiger partial charge < -0.3 is 29.7 Å². The largest absolute Gasteiger partial charge is 0.493 e. The first-order valence-electron chi connectivity index (χ1n) is 12.8. The van der Waals surface area contributed by atoms with E-state index in [-0.39, 0.29) is 13.2 Å². The first-order valence-corrected chi connectivity index (χ1v) is 12.8. The van der Waals surface area contributed by atoms with Gasteiger partial charge >= 0.3 is 0 Å². The normalized spacial score (nSPS) is 14.4. The third-order valence-electron chi connectivity index (χ3n) is 6.68. The Morgan fingerprint density at radius 3 is 2.78 bits per heavy atom.